The summed E-state index contributed by atoms with van der Waals surface area (Å²) >= 11 is 0. The molecule has 0 saturated carbocycles. The molecule has 86 valence electrons. The maximum atomic E-state index is 5.50. The van der Waals surface area contributed by atoms with Crippen molar-refractivity contribution in [3.63, 3.8) is 0 Å². The summed E-state index contributed by atoms with van der Waals surface area (Å²) in [6.07, 6.45) is 1.57. The number of ether oxygens (including phenoxy) is 1. The molecule has 0 atom stereocenters. The second-order valence-electron chi connectivity index (χ2n) is 2.84. The number of para-hydroxylation sites is 1. The Kier molecular flexibility index (Phi) is 6.30. The van der Waals surface area contributed by atoms with Gasteiger partial charge in [-0.25, -0.2) is 4.98 Å². The number of hydrogen-bond acceptors (Lipinski definition) is 3. The van der Waals surface area contributed by atoms with Gasteiger partial charge < -0.3 is 10.5 Å². The summed E-state index contributed by atoms with van der Waals surface area (Å²) in [6, 6.07) is 13.0. The molecular formula is C11H12Cl2N2O. The minimum Gasteiger partial charge on any atom is -0.439 e. The highest BCUT2D eigenvalue weighted by molar-refractivity contribution is 5.85. The Morgan fingerprint density at radius 2 is 1.62 bits per heavy atom. The molecule has 0 aliphatic carbocycles. The lowest BCUT2D eigenvalue weighted by atomic mass is 10.3. The topological polar surface area (TPSA) is 48.1 Å². The van der Waals surface area contributed by atoms with Crippen LogP contribution in [0.2, 0.25) is 0 Å². The van der Waals surface area contributed by atoms with Gasteiger partial charge in [0, 0.05) is 6.07 Å². The lowest BCUT2D eigenvalue weighted by molar-refractivity contribution is 0.463. The third-order valence-electron chi connectivity index (χ3n) is 1.72. The lowest BCUT2D eigenvalue weighted by Gasteiger charge is -2.03. The highest BCUT2D eigenvalue weighted by Crippen LogP contribution is 2.18. The normalized spacial score (nSPS) is 8.50. The molecule has 1 heterocycles. The van der Waals surface area contributed by atoms with Gasteiger partial charge in [-0.1, -0.05) is 18.2 Å². The summed E-state index contributed by atoms with van der Waals surface area (Å²) in [5.74, 6) is 1.31. The summed E-state index contributed by atoms with van der Waals surface area (Å²) in [7, 11) is 0. The molecule has 0 spiro atoms. The van der Waals surface area contributed by atoms with Gasteiger partial charge in [-0.05, 0) is 18.2 Å². The van der Waals surface area contributed by atoms with Gasteiger partial charge in [0.2, 0.25) is 5.88 Å². The van der Waals surface area contributed by atoms with Crippen molar-refractivity contribution in [1.82, 2.24) is 4.98 Å². The minimum absolute atomic E-state index is 0. The average Bonchev–Trinajstić information content (AvgIpc) is 2.23. The Morgan fingerprint density at radius 1 is 0.938 bits per heavy atom. The molecule has 0 fully saturated rings. The van der Waals surface area contributed by atoms with Crippen LogP contribution in [0.3, 0.4) is 0 Å². The number of hydrogen-bond donors (Lipinski definition) is 1. The van der Waals surface area contributed by atoms with E-state index < -0.39 is 0 Å². The van der Waals surface area contributed by atoms with E-state index in [1.807, 2.05) is 30.3 Å². The zero-order valence-electron chi connectivity index (χ0n) is 8.37. The number of pyridine rings is 1. The highest BCUT2D eigenvalue weighted by atomic mass is 35.5. The highest BCUT2D eigenvalue weighted by Gasteiger charge is 1.96. The fraction of sp³-hybridized carbons (Fsp3) is 0. The summed E-state index contributed by atoms with van der Waals surface area (Å²) in [6.45, 7) is 0. The van der Waals surface area contributed by atoms with Crippen molar-refractivity contribution in [3.05, 3.63) is 48.7 Å². The van der Waals surface area contributed by atoms with Crippen molar-refractivity contribution < 1.29 is 4.74 Å². The predicted molar refractivity (Wildman–Crippen MR) is 69.7 cm³/mol. The summed E-state index contributed by atoms with van der Waals surface area (Å²) < 4.78 is 5.47. The first-order valence-electron chi connectivity index (χ1n) is 4.29. The zero-order valence-corrected chi connectivity index (χ0v) is 10.0. The predicted octanol–water partition coefficient (Wildman–Crippen LogP) is 3.30. The number of rotatable bonds is 2. The SMILES string of the molecule is Cl.Cl.Nc1ccc(Oc2ccccc2)nc1. The Hall–Kier alpha value is -1.45. The Bertz CT molecular complexity index is 406. The van der Waals surface area contributed by atoms with E-state index in [1.165, 1.54) is 0 Å². The maximum Gasteiger partial charge on any atom is 0.219 e. The van der Waals surface area contributed by atoms with E-state index in [9.17, 15) is 0 Å². The lowest BCUT2D eigenvalue weighted by Crippen LogP contribution is -1.89. The van der Waals surface area contributed by atoms with Crippen molar-refractivity contribution in [2.24, 2.45) is 0 Å². The third kappa shape index (κ3) is 3.96. The Balaban J connectivity index is 0.00000112. The van der Waals surface area contributed by atoms with Crippen molar-refractivity contribution >= 4 is 30.5 Å². The molecule has 16 heavy (non-hydrogen) atoms. The van der Waals surface area contributed by atoms with Crippen molar-refractivity contribution in [3.8, 4) is 11.6 Å². The minimum atomic E-state index is 0. The molecule has 1 aromatic heterocycles. The van der Waals surface area contributed by atoms with Gasteiger partial charge >= 0.3 is 0 Å². The molecule has 1 aromatic carbocycles. The molecule has 0 saturated heterocycles. The van der Waals surface area contributed by atoms with E-state index in [2.05, 4.69) is 4.98 Å². The summed E-state index contributed by atoms with van der Waals surface area (Å²) in [5, 5.41) is 0. The fourth-order valence-electron chi connectivity index (χ4n) is 1.06. The largest absolute Gasteiger partial charge is 0.439 e. The number of anilines is 1. The molecule has 5 heteroatoms. The molecular weight excluding hydrogens is 247 g/mol. The van der Waals surface area contributed by atoms with E-state index in [4.69, 9.17) is 10.5 Å². The molecule has 2 aromatic rings. The molecule has 0 radical (unpaired) electrons. The van der Waals surface area contributed by atoms with Crippen LogP contribution in [0.15, 0.2) is 48.7 Å². The monoisotopic (exact) mass is 258 g/mol. The quantitative estimate of drug-likeness (QED) is 0.900. The number of benzene rings is 1. The maximum absolute atomic E-state index is 5.50. The van der Waals surface area contributed by atoms with Crippen LogP contribution in [0, 0.1) is 0 Å². The average molecular weight is 259 g/mol. The van der Waals surface area contributed by atoms with Crippen LogP contribution in [0.4, 0.5) is 5.69 Å². The Morgan fingerprint density at radius 3 is 2.19 bits per heavy atom. The van der Waals surface area contributed by atoms with E-state index >= 15 is 0 Å². The van der Waals surface area contributed by atoms with Gasteiger partial charge in [-0.15, -0.1) is 24.8 Å². The van der Waals surface area contributed by atoms with Crippen LogP contribution in [-0.4, -0.2) is 4.98 Å². The fourth-order valence-corrected chi connectivity index (χ4v) is 1.06. The molecule has 2 N–H and O–H groups in total. The van der Waals surface area contributed by atoms with Crippen LogP contribution in [-0.2, 0) is 0 Å². The standard InChI is InChI=1S/C11H10N2O.2ClH/c12-9-6-7-11(13-8-9)14-10-4-2-1-3-5-10;;/h1-8H,12H2;2*1H. The molecule has 2 rings (SSSR count). The van der Waals surface area contributed by atoms with Crippen LogP contribution in [0.25, 0.3) is 0 Å². The van der Waals surface area contributed by atoms with Gasteiger partial charge in [-0.2, -0.15) is 0 Å². The van der Waals surface area contributed by atoms with Gasteiger partial charge in [0.15, 0.2) is 0 Å². The zero-order chi connectivity index (χ0) is 9.80. The van der Waals surface area contributed by atoms with Gasteiger partial charge in [0.25, 0.3) is 0 Å². The first-order valence-corrected chi connectivity index (χ1v) is 4.29. The molecule has 0 amide bonds. The van der Waals surface area contributed by atoms with E-state index in [0.29, 0.717) is 11.6 Å². The number of nitrogens with zero attached hydrogens (tertiary/aromatic N) is 1. The van der Waals surface area contributed by atoms with Crippen LogP contribution in [0.5, 0.6) is 11.6 Å². The molecule has 0 bridgehead atoms. The first-order chi connectivity index (χ1) is 6.84. The van der Waals surface area contributed by atoms with Gasteiger partial charge in [0.1, 0.15) is 5.75 Å². The molecule has 3 nitrogen and oxygen atoms in total. The van der Waals surface area contributed by atoms with E-state index in [-0.39, 0.29) is 24.8 Å². The van der Waals surface area contributed by atoms with Crippen molar-refractivity contribution in [2.75, 3.05) is 5.73 Å². The summed E-state index contributed by atoms with van der Waals surface area (Å²) in [5.41, 5.74) is 6.13. The Labute approximate surface area is 106 Å². The summed E-state index contributed by atoms with van der Waals surface area (Å²) in [4.78, 5) is 4.03. The first kappa shape index (κ1) is 14.6. The van der Waals surface area contributed by atoms with E-state index in [0.717, 1.165) is 5.75 Å². The van der Waals surface area contributed by atoms with Crippen molar-refractivity contribution in [1.29, 1.82) is 0 Å². The second kappa shape index (κ2) is 6.93. The van der Waals surface area contributed by atoms with Crippen LogP contribution in [0.1, 0.15) is 0 Å². The molecule has 0 aliphatic rings. The number of halogens is 2. The number of nitrogens with two attached hydrogens (primary N) is 1. The number of aromatic nitrogens is 1. The second-order valence-corrected chi connectivity index (χ2v) is 2.84. The van der Waals surface area contributed by atoms with Crippen LogP contribution < -0.4 is 10.5 Å². The van der Waals surface area contributed by atoms with E-state index in [1.54, 1.807) is 18.3 Å². The van der Waals surface area contributed by atoms with Crippen LogP contribution >= 0.6 is 24.8 Å². The number of nitrogen functional groups attached to an aromatic ring is 1. The third-order valence-corrected chi connectivity index (χ3v) is 1.72. The van der Waals surface area contributed by atoms with Gasteiger partial charge in [0.05, 0.1) is 11.9 Å². The van der Waals surface area contributed by atoms with Gasteiger partial charge in [-0.3, -0.25) is 0 Å². The molecule has 0 aliphatic heterocycles. The smallest absolute Gasteiger partial charge is 0.219 e. The molecule has 0 unspecified atom stereocenters. The van der Waals surface area contributed by atoms with Crippen molar-refractivity contribution in [2.45, 2.75) is 0 Å².